The van der Waals surface area contributed by atoms with Crippen molar-refractivity contribution in [2.24, 2.45) is 5.73 Å². The Bertz CT molecular complexity index is 574. The number of alkyl halides is 3. The van der Waals surface area contributed by atoms with Crippen LogP contribution in [-0.4, -0.2) is 29.5 Å². The summed E-state index contributed by atoms with van der Waals surface area (Å²) >= 11 is 5.78. The number of nitrogens with zero attached hydrogens (tertiary/aromatic N) is 1. The lowest BCUT2D eigenvalue weighted by atomic mass is 9.92. The second kappa shape index (κ2) is 8.02. The summed E-state index contributed by atoms with van der Waals surface area (Å²) in [5, 5.41) is 5.58. The number of hydrogen-bond donors (Lipinski definition) is 3. The molecule has 1 saturated carbocycles. The molecule has 0 unspecified atom stereocenters. The molecule has 24 heavy (non-hydrogen) atoms. The zero-order chi connectivity index (χ0) is 17.7. The Morgan fingerprint density at radius 2 is 2.00 bits per heavy atom. The van der Waals surface area contributed by atoms with Crippen molar-refractivity contribution >= 4 is 23.3 Å². The summed E-state index contributed by atoms with van der Waals surface area (Å²) in [5.74, 6) is 0.00659. The number of pyridine rings is 1. The molecule has 0 aromatic carbocycles. The van der Waals surface area contributed by atoms with E-state index in [1.165, 1.54) is 0 Å². The third-order valence-corrected chi connectivity index (χ3v) is 4.24. The molecule has 9 heteroatoms. The Hall–Kier alpha value is -1.54. The van der Waals surface area contributed by atoms with Gasteiger partial charge in [0.1, 0.15) is 5.82 Å². The van der Waals surface area contributed by atoms with Crippen molar-refractivity contribution < 1.29 is 18.0 Å². The maximum absolute atomic E-state index is 12.5. The molecule has 0 spiro atoms. The number of carbonyl (C=O) groups excluding carboxylic acids is 1. The fourth-order valence-electron chi connectivity index (χ4n) is 2.58. The molecule has 2 rings (SSSR count). The van der Waals surface area contributed by atoms with Gasteiger partial charge in [-0.15, -0.1) is 0 Å². The second-order valence-corrected chi connectivity index (χ2v) is 6.32. The first kappa shape index (κ1) is 18.8. The van der Waals surface area contributed by atoms with Crippen LogP contribution in [-0.2, 0) is 11.0 Å². The third-order valence-electron chi connectivity index (χ3n) is 3.95. The normalized spacial score (nSPS) is 21.4. The molecule has 1 aromatic heterocycles. The average molecular weight is 365 g/mol. The van der Waals surface area contributed by atoms with Crippen LogP contribution in [0.15, 0.2) is 12.3 Å². The largest absolute Gasteiger partial charge is 0.417 e. The van der Waals surface area contributed by atoms with E-state index in [0.29, 0.717) is 6.20 Å². The first-order valence-corrected chi connectivity index (χ1v) is 8.15. The van der Waals surface area contributed by atoms with Gasteiger partial charge in [0.2, 0.25) is 5.91 Å². The minimum Gasteiger partial charge on any atom is -0.368 e. The van der Waals surface area contributed by atoms with Crippen molar-refractivity contribution in [3.05, 3.63) is 22.8 Å². The van der Waals surface area contributed by atoms with Crippen LogP contribution in [0.3, 0.4) is 0 Å². The molecule has 0 saturated heterocycles. The number of nitrogens with one attached hydrogen (secondary N) is 2. The molecule has 0 aliphatic heterocycles. The maximum atomic E-state index is 12.5. The Kier molecular flexibility index (Phi) is 6.28. The monoisotopic (exact) mass is 364 g/mol. The van der Waals surface area contributed by atoms with Crippen molar-refractivity contribution in [1.82, 2.24) is 10.3 Å². The Morgan fingerprint density at radius 1 is 1.33 bits per heavy atom. The highest BCUT2D eigenvalue weighted by atomic mass is 35.5. The highest BCUT2D eigenvalue weighted by Gasteiger charge is 2.31. The van der Waals surface area contributed by atoms with Gasteiger partial charge in [0, 0.05) is 31.2 Å². The molecule has 5 nitrogen and oxygen atoms in total. The number of rotatable bonds is 5. The number of aromatic nitrogens is 1. The molecule has 0 bridgehead atoms. The van der Waals surface area contributed by atoms with E-state index in [4.69, 9.17) is 17.3 Å². The molecule has 1 aromatic rings. The summed E-state index contributed by atoms with van der Waals surface area (Å²) in [4.78, 5) is 15.5. The smallest absolute Gasteiger partial charge is 0.368 e. The quantitative estimate of drug-likeness (QED) is 0.750. The van der Waals surface area contributed by atoms with E-state index in [9.17, 15) is 18.0 Å². The maximum Gasteiger partial charge on any atom is 0.417 e. The molecule has 1 amide bonds. The molecule has 1 fully saturated rings. The minimum atomic E-state index is -4.49. The number of nitrogens with two attached hydrogens (primary N) is 1. The van der Waals surface area contributed by atoms with E-state index in [1.54, 1.807) is 0 Å². The predicted octanol–water partition coefficient (Wildman–Crippen LogP) is 2.94. The molecule has 1 heterocycles. The molecule has 1 aliphatic carbocycles. The van der Waals surface area contributed by atoms with E-state index in [0.717, 1.165) is 31.7 Å². The van der Waals surface area contributed by atoms with Crippen molar-refractivity contribution in [3.63, 3.8) is 0 Å². The van der Waals surface area contributed by atoms with E-state index in [1.807, 2.05) is 0 Å². The van der Waals surface area contributed by atoms with Crippen molar-refractivity contribution in [2.75, 3.05) is 11.9 Å². The van der Waals surface area contributed by atoms with Gasteiger partial charge < -0.3 is 16.4 Å². The number of carbonyl (C=O) groups is 1. The van der Waals surface area contributed by atoms with Gasteiger partial charge in [0.15, 0.2) is 0 Å². The van der Waals surface area contributed by atoms with E-state index < -0.39 is 11.7 Å². The molecule has 0 radical (unpaired) electrons. The molecular formula is C15H20ClF3N4O. The lowest BCUT2D eigenvalue weighted by Crippen LogP contribution is -2.40. The summed E-state index contributed by atoms with van der Waals surface area (Å²) in [6.07, 6.45) is -0.0689. The summed E-state index contributed by atoms with van der Waals surface area (Å²) < 4.78 is 37.6. The average Bonchev–Trinajstić information content (AvgIpc) is 2.50. The van der Waals surface area contributed by atoms with Gasteiger partial charge in [-0.25, -0.2) is 4.98 Å². The van der Waals surface area contributed by atoms with Crippen LogP contribution in [0.2, 0.25) is 5.02 Å². The van der Waals surface area contributed by atoms with Gasteiger partial charge in [0.05, 0.1) is 10.6 Å². The Labute approximate surface area is 143 Å². The topological polar surface area (TPSA) is 80.0 Å². The number of halogens is 4. The van der Waals surface area contributed by atoms with Crippen molar-refractivity contribution in [1.29, 1.82) is 0 Å². The summed E-state index contributed by atoms with van der Waals surface area (Å²) in [5.41, 5.74) is 4.90. The number of amides is 1. The van der Waals surface area contributed by atoms with Crippen LogP contribution in [0, 0.1) is 0 Å². The fourth-order valence-corrected chi connectivity index (χ4v) is 2.81. The molecule has 1 aliphatic rings. The van der Waals surface area contributed by atoms with Gasteiger partial charge in [-0.1, -0.05) is 11.6 Å². The summed E-state index contributed by atoms with van der Waals surface area (Å²) in [7, 11) is 0. The number of hydrogen-bond acceptors (Lipinski definition) is 4. The zero-order valence-electron chi connectivity index (χ0n) is 13.0. The molecular weight excluding hydrogens is 345 g/mol. The molecule has 134 valence electrons. The highest BCUT2D eigenvalue weighted by molar-refractivity contribution is 6.32. The lowest BCUT2D eigenvalue weighted by molar-refractivity contribution is -0.137. The van der Waals surface area contributed by atoms with E-state index in [-0.39, 0.29) is 41.8 Å². The van der Waals surface area contributed by atoms with Gasteiger partial charge in [-0.3, -0.25) is 4.79 Å². The SMILES string of the molecule is NC1CCC(NC(=O)CCNc2ncc(C(F)(F)F)cc2Cl)CC1. The van der Waals surface area contributed by atoms with Crippen LogP contribution in [0.5, 0.6) is 0 Å². The van der Waals surface area contributed by atoms with Crippen LogP contribution >= 0.6 is 11.6 Å². The van der Waals surface area contributed by atoms with E-state index >= 15 is 0 Å². The van der Waals surface area contributed by atoms with Crippen LogP contribution < -0.4 is 16.4 Å². The van der Waals surface area contributed by atoms with Gasteiger partial charge >= 0.3 is 6.18 Å². The predicted molar refractivity (Wildman–Crippen MR) is 85.7 cm³/mol. The molecule has 4 N–H and O–H groups in total. The van der Waals surface area contributed by atoms with E-state index in [2.05, 4.69) is 15.6 Å². The van der Waals surface area contributed by atoms with Crippen LogP contribution in [0.4, 0.5) is 19.0 Å². The zero-order valence-corrected chi connectivity index (χ0v) is 13.8. The Balaban J connectivity index is 1.76. The first-order chi connectivity index (χ1) is 11.3. The fraction of sp³-hybridized carbons (Fsp3) is 0.600. The minimum absolute atomic E-state index is 0.119. The van der Waals surface area contributed by atoms with Gasteiger partial charge in [0.25, 0.3) is 0 Å². The Morgan fingerprint density at radius 3 is 2.58 bits per heavy atom. The van der Waals surface area contributed by atoms with Crippen LogP contribution in [0.1, 0.15) is 37.7 Å². The first-order valence-electron chi connectivity index (χ1n) is 7.77. The van der Waals surface area contributed by atoms with Gasteiger partial charge in [-0.2, -0.15) is 13.2 Å². The summed E-state index contributed by atoms with van der Waals surface area (Å²) in [6.45, 7) is 0.232. The lowest BCUT2D eigenvalue weighted by Gasteiger charge is -2.26. The van der Waals surface area contributed by atoms with Crippen LogP contribution in [0.25, 0.3) is 0 Å². The third kappa shape index (κ3) is 5.52. The summed E-state index contributed by atoms with van der Waals surface area (Å²) in [6, 6.07) is 1.17. The molecule has 0 atom stereocenters. The number of anilines is 1. The van der Waals surface area contributed by atoms with Crippen molar-refractivity contribution in [2.45, 2.75) is 50.4 Å². The van der Waals surface area contributed by atoms with Gasteiger partial charge in [-0.05, 0) is 31.7 Å². The second-order valence-electron chi connectivity index (χ2n) is 5.91. The highest BCUT2D eigenvalue weighted by Crippen LogP contribution is 2.32. The standard InChI is InChI=1S/C15H20ClF3N4O/c16-12-7-9(15(17,18)19)8-22-14(12)21-6-5-13(24)23-11-3-1-10(20)2-4-11/h7-8,10-11H,1-6,20H2,(H,21,22)(H,23,24). The van der Waals surface area contributed by atoms with Crippen molar-refractivity contribution in [3.8, 4) is 0 Å².